The average Bonchev–Trinajstić information content (AvgIpc) is 3.30. The second-order valence-electron chi connectivity index (χ2n) is 5.55. The first-order chi connectivity index (χ1) is 9.69. The fraction of sp³-hybridized carbons (Fsp3) is 0.467. The van der Waals surface area contributed by atoms with E-state index in [2.05, 4.69) is 15.3 Å². The van der Waals surface area contributed by atoms with E-state index in [1.807, 2.05) is 6.92 Å². The molecule has 0 saturated heterocycles. The van der Waals surface area contributed by atoms with Crippen molar-refractivity contribution in [2.24, 2.45) is 16.8 Å². The van der Waals surface area contributed by atoms with Crippen molar-refractivity contribution in [3.8, 4) is 0 Å². The number of aryl methyl sites for hydroxylation is 1. The lowest BCUT2D eigenvalue weighted by Crippen LogP contribution is -2.09. The first-order valence-electron chi connectivity index (χ1n) is 7.03. The maximum absolute atomic E-state index is 10.6. The van der Waals surface area contributed by atoms with Crippen LogP contribution < -0.4 is 5.32 Å². The van der Waals surface area contributed by atoms with Crippen molar-refractivity contribution in [2.75, 3.05) is 5.32 Å². The van der Waals surface area contributed by atoms with E-state index < -0.39 is 0 Å². The summed E-state index contributed by atoms with van der Waals surface area (Å²) in [5.41, 5.74) is 3.23. The molecule has 0 unspecified atom stereocenters. The number of anilines is 1. The normalized spacial score (nSPS) is 17.4. The van der Waals surface area contributed by atoms with E-state index >= 15 is 0 Å². The number of carbonyl (C=O) groups excluding carboxylic acids is 1. The molecule has 0 aliphatic heterocycles. The molecular weight excluding hydrogens is 252 g/mol. The number of amidine groups is 1. The Bertz CT molecular complexity index is 572. The summed E-state index contributed by atoms with van der Waals surface area (Å²) >= 11 is 0. The van der Waals surface area contributed by atoms with Crippen LogP contribution >= 0.6 is 0 Å². The topological polar surface area (TPSA) is 78.2 Å². The summed E-state index contributed by atoms with van der Waals surface area (Å²) in [6, 6.07) is 1.76. The molecule has 1 heterocycles. The van der Waals surface area contributed by atoms with E-state index in [9.17, 15) is 4.79 Å². The van der Waals surface area contributed by atoms with Crippen molar-refractivity contribution >= 4 is 23.6 Å². The minimum atomic E-state index is 0.250. The van der Waals surface area contributed by atoms with Crippen LogP contribution in [0.25, 0.3) is 0 Å². The number of amides is 1. The lowest BCUT2D eigenvalue weighted by molar-refractivity contribution is -0.105. The Morgan fingerprint density at radius 2 is 2.05 bits per heavy atom. The Balaban J connectivity index is 1.84. The van der Waals surface area contributed by atoms with Gasteiger partial charge in [0.1, 0.15) is 0 Å². The highest BCUT2D eigenvalue weighted by Gasteiger charge is 2.38. The number of carbonyl (C=O) groups is 1. The summed E-state index contributed by atoms with van der Waals surface area (Å²) in [7, 11) is 0. The van der Waals surface area contributed by atoms with Gasteiger partial charge in [0.2, 0.25) is 6.41 Å². The van der Waals surface area contributed by atoms with Crippen molar-refractivity contribution in [3.05, 3.63) is 23.5 Å². The Hall–Kier alpha value is -2.04. The number of pyridine rings is 1. The second kappa shape index (κ2) is 5.15. The van der Waals surface area contributed by atoms with Crippen LogP contribution in [0, 0.1) is 24.2 Å². The molecule has 2 aliphatic carbocycles. The number of nitrogens with one attached hydrogen (secondary N) is 2. The van der Waals surface area contributed by atoms with Gasteiger partial charge in [-0.15, -0.1) is 0 Å². The first kappa shape index (κ1) is 13.0. The van der Waals surface area contributed by atoms with Gasteiger partial charge < -0.3 is 5.32 Å². The Morgan fingerprint density at radius 1 is 1.40 bits per heavy atom. The summed E-state index contributed by atoms with van der Waals surface area (Å²) < 4.78 is 0. The molecule has 104 valence electrons. The number of hydrogen-bond donors (Lipinski definition) is 2. The third-order valence-corrected chi connectivity index (χ3v) is 3.81. The second-order valence-corrected chi connectivity index (χ2v) is 5.55. The molecule has 20 heavy (non-hydrogen) atoms. The fourth-order valence-electron chi connectivity index (χ4n) is 2.34. The highest BCUT2D eigenvalue weighted by molar-refractivity contribution is 6.08. The average molecular weight is 270 g/mol. The molecule has 2 N–H and O–H groups in total. The molecule has 0 spiro atoms. The van der Waals surface area contributed by atoms with Gasteiger partial charge in [0.05, 0.1) is 11.4 Å². The Kier molecular flexibility index (Phi) is 3.34. The van der Waals surface area contributed by atoms with Crippen molar-refractivity contribution < 1.29 is 4.79 Å². The van der Waals surface area contributed by atoms with E-state index in [4.69, 9.17) is 5.41 Å². The van der Waals surface area contributed by atoms with Gasteiger partial charge in [0.25, 0.3) is 0 Å². The number of aliphatic imine (C=N–C) groups is 1. The molecule has 1 amide bonds. The maximum Gasteiger partial charge on any atom is 0.211 e. The van der Waals surface area contributed by atoms with Crippen LogP contribution in [-0.2, 0) is 4.79 Å². The quantitative estimate of drug-likeness (QED) is 0.490. The number of rotatable bonds is 5. The third-order valence-electron chi connectivity index (χ3n) is 3.81. The summed E-state index contributed by atoms with van der Waals surface area (Å²) in [6.45, 7) is 1.82. The molecule has 2 aliphatic rings. The standard InChI is InChI=1S/C15H18N4O/c1-9-13(18-8-20)6-12(7-17-9)15(16)19-14(10-2-3-10)11-4-5-11/h6-8,10-11,16H,2-5H2,1H3,(H,18,20). The van der Waals surface area contributed by atoms with Crippen LogP contribution in [0.15, 0.2) is 17.3 Å². The lowest BCUT2D eigenvalue weighted by Gasteiger charge is -2.07. The molecule has 2 saturated carbocycles. The first-order valence-corrected chi connectivity index (χ1v) is 7.03. The van der Waals surface area contributed by atoms with Gasteiger partial charge in [0.15, 0.2) is 5.84 Å². The number of aromatic nitrogens is 1. The maximum atomic E-state index is 10.6. The van der Waals surface area contributed by atoms with Crippen molar-refractivity contribution in [2.45, 2.75) is 32.6 Å². The smallest absolute Gasteiger partial charge is 0.211 e. The van der Waals surface area contributed by atoms with E-state index in [-0.39, 0.29) is 5.84 Å². The molecule has 1 aromatic heterocycles. The van der Waals surface area contributed by atoms with Crippen LogP contribution in [0.4, 0.5) is 5.69 Å². The SMILES string of the molecule is Cc1ncc(C(=N)N=C(C2CC2)C2CC2)cc1NC=O. The van der Waals surface area contributed by atoms with E-state index in [0.717, 1.165) is 5.69 Å². The van der Waals surface area contributed by atoms with Gasteiger partial charge in [-0.25, -0.2) is 4.99 Å². The molecule has 0 bridgehead atoms. The van der Waals surface area contributed by atoms with Crippen LogP contribution in [-0.4, -0.2) is 22.9 Å². The summed E-state index contributed by atoms with van der Waals surface area (Å²) in [5, 5.41) is 10.8. The summed E-state index contributed by atoms with van der Waals surface area (Å²) in [4.78, 5) is 19.3. The van der Waals surface area contributed by atoms with E-state index in [1.165, 1.54) is 31.4 Å². The highest BCUT2D eigenvalue weighted by Crippen LogP contribution is 2.42. The third kappa shape index (κ3) is 2.76. The predicted octanol–water partition coefficient (Wildman–Crippen LogP) is 2.54. The lowest BCUT2D eigenvalue weighted by atomic mass is 10.1. The molecule has 1 aromatic rings. The minimum Gasteiger partial charge on any atom is -0.327 e. The molecule has 5 heteroatoms. The van der Waals surface area contributed by atoms with Gasteiger partial charge >= 0.3 is 0 Å². The Morgan fingerprint density at radius 3 is 2.60 bits per heavy atom. The van der Waals surface area contributed by atoms with Gasteiger partial charge in [-0.3, -0.25) is 15.2 Å². The molecule has 5 nitrogen and oxygen atoms in total. The van der Waals surface area contributed by atoms with Crippen molar-refractivity contribution in [1.29, 1.82) is 5.41 Å². The summed E-state index contributed by atoms with van der Waals surface area (Å²) in [6.07, 6.45) is 7.13. The number of nitrogens with zero attached hydrogens (tertiary/aromatic N) is 2. The van der Waals surface area contributed by atoms with Gasteiger partial charge in [-0.1, -0.05) is 0 Å². The largest absolute Gasteiger partial charge is 0.327 e. The van der Waals surface area contributed by atoms with Crippen LogP contribution in [0.2, 0.25) is 0 Å². The van der Waals surface area contributed by atoms with Crippen molar-refractivity contribution in [1.82, 2.24) is 4.98 Å². The van der Waals surface area contributed by atoms with E-state index in [0.29, 0.717) is 29.5 Å². The zero-order valence-electron chi connectivity index (χ0n) is 11.5. The monoisotopic (exact) mass is 270 g/mol. The van der Waals surface area contributed by atoms with Gasteiger partial charge in [-0.05, 0) is 50.5 Å². The molecule has 0 radical (unpaired) electrons. The molecular formula is C15H18N4O. The zero-order chi connectivity index (χ0) is 14.1. The van der Waals surface area contributed by atoms with Crippen LogP contribution in [0.5, 0.6) is 0 Å². The zero-order valence-corrected chi connectivity index (χ0v) is 11.5. The molecule has 0 aromatic carbocycles. The van der Waals surface area contributed by atoms with Crippen LogP contribution in [0.3, 0.4) is 0 Å². The van der Waals surface area contributed by atoms with E-state index in [1.54, 1.807) is 12.3 Å². The Labute approximate surface area is 118 Å². The minimum absolute atomic E-state index is 0.250. The van der Waals surface area contributed by atoms with Crippen LogP contribution in [0.1, 0.15) is 36.9 Å². The highest BCUT2D eigenvalue weighted by atomic mass is 16.1. The predicted molar refractivity (Wildman–Crippen MR) is 78.4 cm³/mol. The molecule has 3 rings (SSSR count). The molecule has 2 fully saturated rings. The molecule has 0 atom stereocenters. The summed E-state index contributed by atoms with van der Waals surface area (Å²) in [5.74, 6) is 1.46. The van der Waals surface area contributed by atoms with Gasteiger partial charge in [-0.2, -0.15) is 0 Å². The fourth-order valence-corrected chi connectivity index (χ4v) is 2.34. The van der Waals surface area contributed by atoms with Gasteiger partial charge in [0, 0.05) is 17.5 Å². The number of hydrogen-bond acceptors (Lipinski definition) is 3. The van der Waals surface area contributed by atoms with Crippen molar-refractivity contribution in [3.63, 3.8) is 0 Å².